The molecule has 15 heteroatoms. The molecule has 0 fully saturated rings. The molecule has 2 amide bonds. The minimum absolute atomic E-state index is 0.0172. The van der Waals surface area contributed by atoms with Gasteiger partial charge >= 0.3 is 23.9 Å². The van der Waals surface area contributed by atoms with E-state index >= 15 is 0 Å². The lowest BCUT2D eigenvalue weighted by atomic mass is 10.1. The van der Waals surface area contributed by atoms with E-state index in [1.54, 1.807) is 18.2 Å². The number of nitrogens with two attached hydrogens (primary N) is 1. The van der Waals surface area contributed by atoms with Crippen LogP contribution in [0.5, 0.6) is 5.75 Å². The summed E-state index contributed by atoms with van der Waals surface area (Å²) in [5.41, 5.74) is 7.87. The lowest BCUT2D eigenvalue weighted by molar-refractivity contribution is -0.193. The number of nitrogens with zero attached hydrogens (tertiary/aromatic N) is 1. The standard InChI is InChI=1S/C15H14N4O3.C4F6O2/c16-11-3-4-17-7-10(11)15(21)18-6-9-1-2-13-12(5-9)19-14(20)8-22-13;5-3(6,7)1(11)2(12)4(8,9)10/h1-5,7H,6,8H2,(H2,16,17)(H,18,21)(H,19,20);. The smallest absolute Gasteiger partial charge is 0.458 e. The molecule has 3 rings (SSSR count). The number of fused-ring (bicyclic) bond motifs is 1. The van der Waals surface area contributed by atoms with Crippen LogP contribution in [-0.2, 0) is 20.9 Å². The van der Waals surface area contributed by atoms with Gasteiger partial charge in [-0.25, -0.2) is 0 Å². The van der Waals surface area contributed by atoms with E-state index in [-0.39, 0.29) is 18.4 Å². The quantitative estimate of drug-likeness (QED) is 0.439. The van der Waals surface area contributed by atoms with Gasteiger partial charge in [-0.2, -0.15) is 26.3 Å². The normalized spacial score (nSPS) is 12.8. The summed E-state index contributed by atoms with van der Waals surface area (Å²) in [4.78, 5) is 46.5. The highest BCUT2D eigenvalue weighted by atomic mass is 19.4. The lowest BCUT2D eigenvalue weighted by Gasteiger charge is -2.18. The van der Waals surface area contributed by atoms with Crippen LogP contribution >= 0.6 is 0 Å². The van der Waals surface area contributed by atoms with Crippen molar-refractivity contribution in [2.75, 3.05) is 17.7 Å². The van der Waals surface area contributed by atoms with Crippen LogP contribution in [0.25, 0.3) is 0 Å². The second-order valence-corrected chi connectivity index (χ2v) is 6.47. The first-order valence-corrected chi connectivity index (χ1v) is 8.96. The molecule has 1 aliphatic rings. The summed E-state index contributed by atoms with van der Waals surface area (Å²) in [5, 5.41) is 5.48. The molecule has 4 N–H and O–H groups in total. The SMILES string of the molecule is Nc1ccncc1C(=O)NCc1ccc2c(c1)NC(=O)CO2.O=C(C(=O)C(F)(F)F)C(F)(F)F. The molecule has 0 aliphatic carbocycles. The Labute approximate surface area is 186 Å². The van der Waals surface area contributed by atoms with Crippen molar-refractivity contribution in [2.45, 2.75) is 18.9 Å². The number of nitrogens with one attached hydrogen (secondary N) is 2. The highest BCUT2D eigenvalue weighted by Gasteiger charge is 2.54. The number of aromatic nitrogens is 1. The maximum Gasteiger partial charge on any atom is 0.458 e. The molecule has 0 saturated carbocycles. The predicted octanol–water partition coefficient (Wildman–Crippen LogP) is 2.17. The van der Waals surface area contributed by atoms with Crippen molar-refractivity contribution >= 4 is 34.8 Å². The Hall–Kier alpha value is -4.17. The molecule has 0 atom stereocenters. The molecule has 1 aliphatic heterocycles. The summed E-state index contributed by atoms with van der Waals surface area (Å²) in [6.07, 6.45) is -8.59. The Morgan fingerprint density at radius 1 is 1.06 bits per heavy atom. The van der Waals surface area contributed by atoms with E-state index in [1.165, 1.54) is 12.4 Å². The summed E-state index contributed by atoms with van der Waals surface area (Å²) in [6, 6.07) is 6.91. The van der Waals surface area contributed by atoms with Crippen molar-refractivity contribution < 1.29 is 50.3 Å². The molecule has 182 valence electrons. The average molecular weight is 492 g/mol. The van der Waals surface area contributed by atoms with Crippen LogP contribution < -0.4 is 21.1 Å². The zero-order chi connectivity index (χ0) is 25.7. The molecule has 2 aromatic rings. The number of carbonyl (C=O) groups excluding carboxylic acids is 4. The van der Waals surface area contributed by atoms with Gasteiger partial charge in [-0.05, 0) is 23.8 Å². The van der Waals surface area contributed by atoms with Crippen molar-refractivity contribution in [2.24, 2.45) is 0 Å². The first-order valence-electron chi connectivity index (χ1n) is 8.96. The third-order valence-electron chi connectivity index (χ3n) is 3.95. The number of ether oxygens (including phenoxy) is 1. The molecule has 34 heavy (non-hydrogen) atoms. The number of alkyl halides is 6. The maximum absolute atomic E-state index is 12.1. The van der Waals surface area contributed by atoms with Crippen molar-refractivity contribution in [3.8, 4) is 5.75 Å². The molecule has 0 bridgehead atoms. The van der Waals surface area contributed by atoms with Gasteiger partial charge < -0.3 is 21.1 Å². The van der Waals surface area contributed by atoms with Crippen LogP contribution in [0.1, 0.15) is 15.9 Å². The molecule has 2 heterocycles. The number of pyridine rings is 1. The van der Waals surface area contributed by atoms with E-state index in [0.29, 0.717) is 29.2 Å². The van der Waals surface area contributed by atoms with E-state index in [1.807, 2.05) is 6.07 Å². The number of rotatable bonds is 4. The molecule has 1 aromatic heterocycles. The van der Waals surface area contributed by atoms with Gasteiger partial charge in [0.25, 0.3) is 11.8 Å². The molecular weight excluding hydrogens is 478 g/mol. The van der Waals surface area contributed by atoms with Gasteiger partial charge in [0.15, 0.2) is 6.61 Å². The number of carbonyl (C=O) groups is 4. The van der Waals surface area contributed by atoms with Gasteiger partial charge in [0.05, 0.1) is 11.3 Å². The third kappa shape index (κ3) is 6.91. The zero-order valence-electron chi connectivity index (χ0n) is 16.7. The second-order valence-electron chi connectivity index (χ2n) is 6.47. The summed E-state index contributed by atoms with van der Waals surface area (Å²) in [7, 11) is 0. The highest BCUT2D eigenvalue weighted by Crippen LogP contribution is 2.28. The van der Waals surface area contributed by atoms with Crippen molar-refractivity contribution in [3.63, 3.8) is 0 Å². The summed E-state index contributed by atoms with van der Waals surface area (Å²) >= 11 is 0. The first-order chi connectivity index (χ1) is 15.7. The Balaban J connectivity index is 0.000000292. The largest absolute Gasteiger partial charge is 0.482 e. The molecule has 0 unspecified atom stereocenters. The number of ketones is 2. The first kappa shape index (κ1) is 26.1. The number of amides is 2. The Kier molecular flexibility index (Phi) is 7.81. The molecule has 0 saturated heterocycles. The predicted molar refractivity (Wildman–Crippen MR) is 103 cm³/mol. The maximum atomic E-state index is 12.1. The second kappa shape index (κ2) is 10.2. The monoisotopic (exact) mass is 492 g/mol. The summed E-state index contributed by atoms with van der Waals surface area (Å²) in [5.74, 6) is -6.70. The van der Waals surface area contributed by atoms with Gasteiger partial charge in [-0.15, -0.1) is 0 Å². The number of Topliss-reactive ketones (excluding diaryl/α,β-unsaturated/α-hetero) is 2. The van der Waals surface area contributed by atoms with Gasteiger partial charge in [0.2, 0.25) is 0 Å². The fourth-order valence-electron chi connectivity index (χ4n) is 2.37. The van der Waals surface area contributed by atoms with Gasteiger partial charge in [0, 0.05) is 24.6 Å². The Morgan fingerprint density at radius 2 is 1.68 bits per heavy atom. The third-order valence-corrected chi connectivity index (χ3v) is 3.95. The number of benzene rings is 1. The number of anilines is 2. The van der Waals surface area contributed by atoms with E-state index in [9.17, 15) is 45.5 Å². The summed E-state index contributed by atoms with van der Waals surface area (Å²) in [6.45, 7) is 0.319. The molecule has 1 aromatic carbocycles. The van der Waals surface area contributed by atoms with E-state index < -0.39 is 23.9 Å². The van der Waals surface area contributed by atoms with E-state index in [4.69, 9.17) is 10.5 Å². The highest BCUT2D eigenvalue weighted by molar-refractivity contribution is 6.41. The number of nitrogen functional groups attached to an aromatic ring is 1. The minimum Gasteiger partial charge on any atom is -0.482 e. The van der Waals surface area contributed by atoms with Crippen molar-refractivity contribution in [3.05, 3.63) is 47.8 Å². The lowest BCUT2D eigenvalue weighted by Crippen LogP contribution is -2.39. The number of hydrogen-bond donors (Lipinski definition) is 3. The van der Waals surface area contributed by atoms with E-state index in [2.05, 4.69) is 15.6 Å². The molecular formula is C19H14F6N4O5. The zero-order valence-corrected chi connectivity index (χ0v) is 16.7. The number of halogens is 6. The Morgan fingerprint density at radius 3 is 2.24 bits per heavy atom. The summed E-state index contributed by atoms with van der Waals surface area (Å²) < 4.78 is 72.2. The molecule has 0 radical (unpaired) electrons. The molecule has 0 spiro atoms. The van der Waals surface area contributed by atoms with Crippen LogP contribution in [0, 0.1) is 0 Å². The van der Waals surface area contributed by atoms with Gasteiger partial charge in [-0.1, -0.05) is 6.07 Å². The topological polar surface area (TPSA) is 140 Å². The van der Waals surface area contributed by atoms with E-state index in [0.717, 1.165) is 5.56 Å². The minimum atomic E-state index is -5.77. The van der Waals surface area contributed by atoms with Crippen LogP contribution in [0.3, 0.4) is 0 Å². The number of hydrogen-bond acceptors (Lipinski definition) is 7. The van der Waals surface area contributed by atoms with Crippen LogP contribution in [0.4, 0.5) is 37.7 Å². The molecule has 9 nitrogen and oxygen atoms in total. The Bertz CT molecular complexity index is 1090. The average Bonchev–Trinajstić information content (AvgIpc) is 2.75. The van der Waals surface area contributed by atoms with Crippen LogP contribution in [0.15, 0.2) is 36.7 Å². The fourth-order valence-corrected chi connectivity index (χ4v) is 2.37. The van der Waals surface area contributed by atoms with Crippen molar-refractivity contribution in [1.82, 2.24) is 10.3 Å². The fraction of sp³-hybridized carbons (Fsp3) is 0.211. The van der Waals surface area contributed by atoms with Gasteiger partial charge in [0.1, 0.15) is 5.75 Å². The van der Waals surface area contributed by atoms with Crippen molar-refractivity contribution in [1.29, 1.82) is 0 Å². The van der Waals surface area contributed by atoms with Crippen LogP contribution in [0.2, 0.25) is 0 Å². The van der Waals surface area contributed by atoms with Crippen LogP contribution in [-0.4, -0.2) is 47.3 Å². The van der Waals surface area contributed by atoms with Gasteiger partial charge in [-0.3, -0.25) is 24.2 Å².